The van der Waals surface area contributed by atoms with Crippen molar-refractivity contribution in [1.29, 1.82) is 0 Å². The van der Waals surface area contributed by atoms with Gasteiger partial charge in [0.15, 0.2) is 0 Å². The van der Waals surface area contributed by atoms with Crippen LogP contribution in [-0.4, -0.2) is 14.6 Å². The first-order valence-electron chi connectivity index (χ1n) is 2.99. The molecule has 10 heavy (non-hydrogen) atoms. The van der Waals surface area contributed by atoms with Crippen molar-refractivity contribution in [3.8, 4) is 0 Å². The maximum Gasteiger partial charge on any atom is 0.265 e. The van der Waals surface area contributed by atoms with Gasteiger partial charge in [0.05, 0.1) is 0 Å². The van der Waals surface area contributed by atoms with Crippen molar-refractivity contribution in [2.75, 3.05) is 0 Å². The van der Waals surface area contributed by atoms with E-state index in [1.807, 2.05) is 24.3 Å². The predicted octanol–water partition coefficient (Wildman–Crippen LogP) is 0.566. The average Bonchev–Trinajstić information content (AvgIpc) is 2.05. The summed E-state index contributed by atoms with van der Waals surface area (Å²) in [5.74, 6) is 0. The van der Waals surface area contributed by atoms with Gasteiger partial charge in [-0.25, -0.2) is 0 Å². The molecule has 0 saturated carbocycles. The lowest BCUT2D eigenvalue weighted by Crippen LogP contribution is -2.11. The van der Waals surface area contributed by atoms with Gasteiger partial charge in [-0.2, -0.15) is 0 Å². The highest BCUT2D eigenvalue weighted by Crippen LogP contribution is 1.96. The molecule has 0 spiro atoms. The van der Waals surface area contributed by atoms with Gasteiger partial charge in [0.25, 0.3) is 9.76 Å². The minimum Gasteiger partial charge on any atom is -0.428 e. The lowest BCUT2D eigenvalue weighted by Gasteiger charge is -1.93. The van der Waals surface area contributed by atoms with Gasteiger partial charge in [0.1, 0.15) is 0 Å². The van der Waals surface area contributed by atoms with Gasteiger partial charge in [-0.05, 0) is 10.8 Å². The highest BCUT2D eigenvalue weighted by atomic mass is 28.2. The van der Waals surface area contributed by atoms with Crippen LogP contribution in [0.2, 0.25) is 0 Å². The van der Waals surface area contributed by atoms with Crippen molar-refractivity contribution >= 4 is 21.0 Å². The van der Waals surface area contributed by atoms with E-state index in [-0.39, 0.29) is 9.76 Å². The van der Waals surface area contributed by atoms with Crippen LogP contribution in [0.25, 0.3) is 6.08 Å². The molecule has 0 atom stereocenters. The molecule has 1 aromatic rings. The van der Waals surface area contributed by atoms with Gasteiger partial charge in [0, 0.05) is 0 Å². The van der Waals surface area contributed by atoms with Gasteiger partial charge < -0.3 is 4.80 Å². The van der Waals surface area contributed by atoms with E-state index >= 15 is 0 Å². The van der Waals surface area contributed by atoms with E-state index in [4.69, 9.17) is 4.80 Å². The first-order valence-corrected chi connectivity index (χ1v) is 3.94. The second kappa shape index (κ2) is 3.34. The summed E-state index contributed by atoms with van der Waals surface area (Å²) in [7, 11) is -0.106. The third-order valence-electron chi connectivity index (χ3n) is 1.28. The van der Waals surface area contributed by atoms with Crippen LogP contribution in [0.15, 0.2) is 30.8 Å². The zero-order chi connectivity index (χ0) is 7.40. The van der Waals surface area contributed by atoms with Crippen LogP contribution in [0.5, 0.6) is 0 Å². The van der Waals surface area contributed by atoms with Crippen LogP contribution >= 0.6 is 0 Å². The van der Waals surface area contributed by atoms with E-state index in [0.29, 0.717) is 0 Å². The Labute approximate surface area is 63.0 Å². The van der Waals surface area contributed by atoms with E-state index in [0.717, 1.165) is 10.8 Å². The van der Waals surface area contributed by atoms with E-state index < -0.39 is 0 Å². The molecule has 1 nitrogen and oxygen atoms in total. The molecule has 0 fully saturated rings. The van der Waals surface area contributed by atoms with Crippen LogP contribution in [0.4, 0.5) is 0 Å². The van der Waals surface area contributed by atoms with E-state index in [1.165, 1.54) is 0 Å². The number of rotatable bonds is 2. The molecule has 0 heterocycles. The molecule has 0 aromatic heterocycles. The first kappa shape index (κ1) is 7.25. The van der Waals surface area contributed by atoms with Crippen LogP contribution in [-0.2, 0) is 0 Å². The molecule has 0 unspecified atom stereocenters. The minimum absolute atomic E-state index is 0.106. The summed E-state index contributed by atoms with van der Waals surface area (Å²) in [6.45, 7) is 3.63. The largest absolute Gasteiger partial charge is 0.428 e. The smallest absolute Gasteiger partial charge is 0.265 e. The molecule has 1 N–H and O–H groups in total. The predicted molar refractivity (Wildman–Crippen MR) is 44.1 cm³/mol. The lowest BCUT2D eigenvalue weighted by molar-refractivity contribution is 0.615. The third kappa shape index (κ3) is 1.56. The molecule has 50 valence electrons. The van der Waals surface area contributed by atoms with Gasteiger partial charge >= 0.3 is 0 Å². The fraction of sp³-hybridized carbons (Fsp3) is 0. The third-order valence-corrected chi connectivity index (χ3v) is 1.87. The second-order valence-electron chi connectivity index (χ2n) is 1.94. The van der Waals surface area contributed by atoms with Crippen LogP contribution in [0.1, 0.15) is 5.56 Å². The van der Waals surface area contributed by atoms with E-state index in [1.54, 1.807) is 6.08 Å². The van der Waals surface area contributed by atoms with Gasteiger partial charge in [-0.15, -0.1) is 0 Å². The molecule has 2 radical (unpaired) electrons. The van der Waals surface area contributed by atoms with Crippen LogP contribution in [0.3, 0.4) is 0 Å². The molecule has 0 amide bonds. The Balaban J connectivity index is 2.90. The van der Waals surface area contributed by atoms with Crippen LogP contribution < -0.4 is 5.19 Å². The van der Waals surface area contributed by atoms with Crippen molar-refractivity contribution in [2.24, 2.45) is 0 Å². The van der Waals surface area contributed by atoms with E-state index in [9.17, 15) is 0 Å². The standard InChI is InChI=1S/C8H8OSi/c1-2-7-3-5-8(10-9)6-4-7/h2-6,9H,1H2. The summed E-state index contributed by atoms with van der Waals surface area (Å²) < 4.78 is 0. The molecule has 1 aromatic carbocycles. The molecule has 0 aliphatic heterocycles. The van der Waals surface area contributed by atoms with Crippen molar-refractivity contribution in [3.05, 3.63) is 36.4 Å². The number of hydrogen-bond acceptors (Lipinski definition) is 1. The van der Waals surface area contributed by atoms with Crippen molar-refractivity contribution in [1.82, 2.24) is 0 Å². The molecule has 0 saturated heterocycles. The Morgan fingerprint density at radius 3 is 2.30 bits per heavy atom. The highest BCUT2D eigenvalue weighted by molar-refractivity contribution is 6.45. The molecule has 2 heteroatoms. The summed E-state index contributed by atoms with van der Waals surface area (Å²) in [6.07, 6.45) is 1.78. The Bertz CT molecular complexity index is 215. The normalized spacial score (nSPS) is 9.30. The van der Waals surface area contributed by atoms with Crippen molar-refractivity contribution in [3.63, 3.8) is 0 Å². The van der Waals surface area contributed by atoms with Gasteiger partial charge in [-0.3, -0.25) is 0 Å². The maximum atomic E-state index is 8.70. The Morgan fingerprint density at radius 1 is 1.30 bits per heavy atom. The summed E-state index contributed by atoms with van der Waals surface area (Å²) in [6, 6.07) is 7.67. The minimum atomic E-state index is -0.106. The highest BCUT2D eigenvalue weighted by Gasteiger charge is 1.89. The molecule has 0 aliphatic carbocycles. The summed E-state index contributed by atoms with van der Waals surface area (Å²) in [5.41, 5.74) is 1.09. The Hall–Kier alpha value is -0.863. The Morgan fingerprint density at radius 2 is 1.90 bits per heavy atom. The Kier molecular flexibility index (Phi) is 2.42. The number of hydrogen-bond donors (Lipinski definition) is 1. The zero-order valence-corrected chi connectivity index (χ0v) is 6.54. The lowest BCUT2D eigenvalue weighted by atomic mass is 10.2. The first-order chi connectivity index (χ1) is 4.86. The summed E-state index contributed by atoms with van der Waals surface area (Å²) in [4.78, 5) is 8.70. The second-order valence-corrected chi connectivity index (χ2v) is 2.74. The summed E-state index contributed by atoms with van der Waals surface area (Å²) in [5, 5.41) is 0.964. The topological polar surface area (TPSA) is 20.2 Å². The van der Waals surface area contributed by atoms with E-state index in [2.05, 4.69) is 6.58 Å². The fourth-order valence-corrected chi connectivity index (χ4v) is 1.01. The summed E-state index contributed by atoms with van der Waals surface area (Å²) >= 11 is 0. The molecule has 0 bridgehead atoms. The van der Waals surface area contributed by atoms with Crippen molar-refractivity contribution in [2.45, 2.75) is 0 Å². The van der Waals surface area contributed by atoms with Crippen molar-refractivity contribution < 1.29 is 4.80 Å². The van der Waals surface area contributed by atoms with Crippen LogP contribution in [0, 0.1) is 0 Å². The molecular formula is C8H8OSi. The number of benzene rings is 1. The molecular weight excluding hydrogens is 140 g/mol. The molecule has 1 rings (SSSR count). The quantitative estimate of drug-likeness (QED) is 0.608. The van der Waals surface area contributed by atoms with Gasteiger partial charge in [-0.1, -0.05) is 36.9 Å². The monoisotopic (exact) mass is 148 g/mol. The SMILES string of the molecule is C=Cc1ccc([Si]O)cc1. The zero-order valence-electron chi connectivity index (χ0n) is 5.54. The maximum absolute atomic E-state index is 8.70. The van der Waals surface area contributed by atoms with Gasteiger partial charge in [0.2, 0.25) is 0 Å². The molecule has 0 aliphatic rings. The average molecular weight is 148 g/mol. The fourth-order valence-electron chi connectivity index (χ4n) is 0.694.